The summed E-state index contributed by atoms with van der Waals surface area (Å²) >= 11 is 0. The Hall–Kier alpha value is -3.87. The highest BCUT2D eigenvalue weighted by atomic mass is 16.6. The lowest BCUT2D eigenvalue weighted by molar-refractivity contribution is -0.384. The largest absolute Gasteiger partial charge is 0.326 e. The van der Waals surface area contributed by atoms with Gasteiger partial charge in [0.25, 0.3) is 5.69 Å². The maximum atomic E-state index is 12.1. The van der Waals surface area contributed by atoms with Crippen molar-refractivity contribution in [3.8, 4) is 0 Å². The van der Waals surface area contributed by atoms with Gasteiger partial charge in [-0.25, -0.2) is 0 Å². The molecular weight excluding hydrogens is 344 g/mol. The molecule has 1 amide bonds. The van der Waals surface area contributed by atoms with Crippen molar-refractivity contribution in [1.29, 1.82) is 0 Å². The molecule has 0 unspecified atom stereocenters. The molecule has 0 radical (unpaired) electrons. The van der Waals surface area contributed by atoms with E-state index in [-0.39, 0.29) is 18.0 Å². The third kappa shape index (κ3) is 5.30. The van der Waals surface area contributed by atoms with Crippen LogP contribution in [0.5, 0.6) is 0 Å². The molecule has 27 heavy (non-hydrogen) atoms. The molecule has 1 N–H and O–H groups in total. The molecular formula is C20H16N4O3. The quantitative estimate of drug-likeness (QED) is 0.372. The van der Waals surface area contributed by atoms with Gasteiger partial charge < -0.3 is 5.32 Å². The fraction of sp³-hybridized carbons (Fsp3) is 0.0500. The SMILES string of the molecule is O=C(Cc1ccc([N+](=O)[O-])cc1)Nc1ccc(N=Nc2ccccc2)cc1. The Morgan fingerprint density at radius 3 is 2.04 bits per heavy atom. The average Bonchev–Trinajstić information content (AvgIpc) is 2.68. The molecule has 0 spiro atoms. The highest BCUT2D eigenvalue weighted by Crippen LogP contribution is 2.20. The lowest BCUT2D eigenvalue weighted by atomic mass is 10.1. The summed E-state index contributed by atoms with van der Waals surface area (Å²) in [5, 5.41) is 21.7. The molecule has 0 atom stereocenters. The van der Waals surface area contributed by atoms with Crippen molar-refractivity contribution in [3.63, 3.8) is 0 Å². The molecule has 0 saturated heterocycles. The molecule has 134 valence electrons. The lowest BCUT2D eigenvalue weighted by Gasteiger charge is -2.05. The molecule has 0 aliphatic rings. The smallest absolute Gasteiger partial charge is 0.269 e. The van der Waals surface area contributed by atoms with Crippen LogP contribution in [0.25, 0.3) is 0 Å². The maximum absolute atomic E-state index is 12.1. The van der Waals surface area contributed by atoms with E-state index < -0.39 is 4.92 Å². The number of anilines is 1. The number of rotatable bonds is 6. The molecule has 3 rings (SSSR count). The van der Waals surface area contributed by atoms with E-state index in [2.05, 4.69) is 15.5 Å². The highest BCUT2D eigenvalue weighted by Gasteiger charge is 2.07. The minimum absolute atomic E-state index is 0.000543. The number of nitro groups is 1. The van der Waals surface area contributed by atoms with Crippen LogP contribution in [0.4, 0.5) is 22.7 Å². The highest BCUT2D eigenvalue weighted by molar-refractivity contribution is 5.92. The van der Waals surface area contributed by atoms with Crippen molar-refractivity contribution >= 4 is 28.7 Å². The van der Waals surface area contributed by atoms with E-state index in [1.807, 2.05) is 30.3 Å². The van der Waals surface area contributed by atoms with Crippen LogP contribution in [0.1, 0.15) is 5.56 Å². The zero-order chi connectivity index (χ0) is 19.1. The monoisotopic (exact) mass is 360 g/mol. The van der Waals surface area contributed by atoms with Gasteiger partial charge in [-0.2, -0.15) is 10.2 Å². The molecule has 3 aromatic rings. The van der Waals surface area contributed by atoms with Crippen LogP contribution in [0.3, 0.4) is 0 Å². The predicted molar refractivity (Wildman–Crippen MR) is 102 cm³/mol. The van der Waals surface area contributed by atoms with Crippen LogP contribution in [0, 0.1) is 10.1 Å². The Balaban J connectivity index is 1.56. The molecule has 0 aromatic heterocycles. The number of benzene rings is 3. The van der Waals surface area contributed by atoms with Gasteiger partial charge in [0.15, 0.2) is 0 Å². The number of non-ortho nitro benzene ring substituents is 1. The number of nitro benzene ring substituents is 1. The second-order valence-corrected chi connectivity index (χ2v) is 5.73. The first kappa shape index (κ1) is 17.9. The Bertz CT molecular complexity index is 953. The number of nitrogens with zero attached hydrogens (tertiary/aromatic N) is 3. The van der Waals surface area contributed by atoms with Gasteiger partial charge in [0.1, 0.15) is 0 Å². The molecule has 0 saturated carbocycles. The number of azo groups is 1. The standard InChI is InChI=1S/C20H16N4O3/c25-20(14-15-6-12-19(13-7-15)24(26)27)21-16-8-10-18(11-9-16)23-22-17-4-2-1-3-5-17/h1-13H,14H2,(H,21,25). The van der Waals surface area contributed by atoms with Crippen molar-refractivity contribution in [2.45, 2.75) is 6.42 Å². The number of hydrogen-bond donors (Lipinski definition) is 1. The molecule has 7 heteroatoms. The maximum Gasteiger partial charge on any atom is 0.269 e. The molecule has 0 fully saturated rings. The van der Waals surface area contributed by atoms with Crippen molar-refractivity contribution in [2.75, 3.05) is 5.32 Å². The molecule has 0 bridgehead atoms. The van der Waals surface area contributed by atoms with Gasteiger partial charge in [-0.15, -0.1) is 0 Å². The van der Waals surface area contributed by atoms with Gasteiger partial charge in [-0.05, 0) is 42.0 Å². The van der Waals surface area contributed by atoms with Crippen molar-refractivity contribution in [1.82, 2.24) is 0 Å². The Kier molecular flexibility index (Phi) is 5.64. The lowest BCUT2D eigenvalue weighted by Crippen LogP contribution is -2.14. The van der Waals surface area contributed by atoms with Gasteiger partial charge >= 0.3 is 0 Å². The number of carbonyl (C=O) groups is 1. The van der Waals surface area contributed by atoms with E-state index in [9.17, 15) is 14.9 Å². The van der Waals surface area contributed by atoms with Crippen LogP contribution in [0.15, 0.2) is 89.1 Å². The molecule has 3 aromatic carbocycles. The summed E-state index contributed by atoms with van der Waals surface area (Å²) in [6, 6.07) is 22.3. The Morgan fingerprint density at radius 1 is 0.852 bits per heavy atom. The van der Waals surface area contributed by atoms with E-state index in [0.29, 0.717) is 16.9 Å². The van der Waals surface area contributed by atoms with Crippen LogP contribution in [-0.4, -0.2) is 10.8 Å². The van der Waals surface area contributed by atoms with Crippen LogP contribution >= 0.6 is 0 Å². The molecule has 0 aliphatic carbocycles. The van der Waals surface area contributed by atoms with Gasteiger partial charge in [0.2, 0.25) is 5.91 Å². The van der Waals surface area contributed by atoms with E-state index >= 15 is 0 Å². The van der Waals surface area contributed by atoms with Crippen molar-refractivity contribution in [3.05, 3.63) is 94.5 Å². The van der Waals surface area contributed by atoms with Crippen LogP contribution in [-0.2, 0) is 11.2 Å². The zero-order valence-electron chi connectivity index (χ0n) is 14.3. The average molecular weight is 360 g/mol. The van der Waals surface area contributed by atoms with E-state index in [1.165, 1.54) is 12.1 Å². The van der Waals surface area contributed by atoms with Gasteiger partial charge in [-0.1, -0.05) is 30.3 Å². The fourth-order valence-electron chi connectivity index (χ4n) is 2.35. The summed E-state index contributed by atoms with van der Waals surface area (Å²) in [5.41, 5.74) is 2.77. The van der Waals surface area contributed by atoms with Crippen molar-refractivity contribution < 1.29 is 9.72 Å². The normalized spacial score (nSPS) is 10.7. The number of hydrogen-bond acceptors (Lipinski definition) is 5. The number of amides is 1. The third-order valence-electron chi connectivity index (χ3n) is 3.70. The van der Waals surface area contributed by atoms with Crippen molar-refractivity contribution in [2.24, 2.45) is 10.2 Å². The summed E-state index contributed by atoms with van der Waals surface area (Å²) in [7, 11) is 0. The first-order chi connectivity index (χ1) is 13.1. The summed E-state index contributed by atoms with van der Waals surface area (Å²) in [5.74, 6) is -0.206. The number of nitrogens with one attached hydrogen (secondary N) is 1. The predicted octanol–water partition coefficient (Wildman–Crippen LogP) is 5.19. The van der Waals surface area contributed by atoms with Crippen LogP contribution in [0.2, 0.25) is 0 Å². The topological polar surface area (TPSA) is 97.0 Å². The summed E-state index contributed by atoms with van der Waals surface area (Å²) in [6.45, 7) is 0. The molecule has 7 nitrogen and oxygen atoms in total. The Morgan fingerprint density at radius 2 is 1.44 bits per heavy atom. The second-order valence-electron chi connectivity index (χ2n) is 5.73. The number of carbonyl (C=O) groups excluding carboxylic acids is 1. The molecule has 0 aliphatic heterocycles. The minimum atomic E-state index is -0.472. The van der Waals surface area contributed by atoms with E-state index in [4.69, 9.17) is 0 Å². The van der Waals surface area contributed by atoms with E-state index in [0.717, 1.165) is 5.69 Å². The zero-order valence-corrected chi connectivity index (χ0v) is 14.3. The molecule has 0 heterocycles. The van der Waals surface area contributed by atoms with Gasteiger partial charge in [-0.3, -0.25) is 14.9 Å². The summed E-state index contributed by atoms with van der Waals surface area (Å²) < 4.78 is 0. The minimum Gasteiger partial charge on any atom is -0.326 e. The van der Waals surface area contributed by atoms with Crippen LogP contribution < -0.4 is 5.32 Å². The summed E-state index contributed by atoms with van der Waals surface area (Å²) in [6.07, 6.45) is 0.132. The van der Waals surface area contributed by atoms with E-state index in [1.54, 1.807) is 36.4 Å². The first-order valence-electron chi connectivity index (χ1n) is 8.20. The second kappa shape index (κ2) is 8.48. The Labute approximate surface area is 155 Å². The van der Waals surface area contributed by atoms with Gasteiger partial charge in [0, 0.05) is 17.8 Å². The third-order valence-corrected chi connectivity index (χ3v) is 3.70. The first-order valence-corrected chi connectivity index (χ1v) is 8.20. The van der Waals surface area contributed by atoms with Gasteiger partial charge in [0.05, 0.1) is 22.7 Å². The summed E-state index contributed by atoms with van der Waals surface area (Å²) in [4.78, 5) is 22.3. The fourth-order valence-corrected chi connectivity index (χ4v) is 2.35.